The average Bonchev–Trinajstić information content (AvgIpc) is 3.98. The second-order valence-electron chi connectivity index (χ2n) is 21.3. The lowest BCUT2D eigenvalue weighted by atomic mass is 9.58. The van der Waals surface area contributed by atoms with Crippen molar-refractivity contribution in [1.29, 1.82) is 0 Å². The van der Waals surface area contributed by atoms with Crippen molar-refractivity contribution < 1.29 is 29.0 Å². The minimum atomic E-state index is -1.10. The van der Waals surface area contributed by atoms with Gasteiger partial charge in [-0.2, -0.15) is 5.10 Å². The van der Waals surface area contributed by atoms with E-state index >= 15 is 0 Å². The molecule has 0 bridgehead atoms. The van der Waals surface area contributed by atoms with Gasteiger partial charge in [0, 0.05) is 88.0 Å². The molecule has 75 heavy (non-hydrogen) atoms. The number of hydrogen-bond acceptors (Lipinski definition) is 13. The van der Waals surface area contributed by atoms with E-state index in [1.54, 1.807) is 0 Å². The first-order chi connectivity index (χ1) is 36.4. The number of anilines is 3. The Bertz CT molecular complexity index is 3330. The number of rotatable bonds is 13. The summed E-state index contributed by atoms with van der Waals surface area (Å²) in [5, 5.41) is 22.3. The van der Waals surface area contributed by atoms with Gasteiger partial charge in [-0.05, 0) is 147 Å². The fourth-order valence-electron chi connectivity index (χ4n) is 12.5. The van der Waals surface area contributed by atoms with E-state index in [4.69, 9.17) is 14.8 Å². The molecule has 16 nitrogen and oxygen atoms in total. The van der Waals surface area contributed by atoms with Gasteiger partial charge >= 0.3 is 5.97 Å². The number of carbonyl (C=O) groups is 4. The smallest absolute Gasteiger partial charge is 0.355 e. The van der Waals surface area contributed by atoms with E-state index in [2.05, 4.69) is 59.5 Å². The number of ether oxygens (including phenoxy) is 1. The lowest BCUT2D eigenvalue weighted by Gasteiger charge is -2.52. The Morgan fingerprint density at radius 2 is 1.63 bits per heavy atom. The van der Waals surface area contributed by atoms with E-state index in [0.29, 0.717) is 72.4 Å². The molecule has 17 heteroatoms. The third-order valence-electron chi connectivity index (χ3n) is 16.8. The van der Waals surface area contributed by atoms with E-state index in [0.717, 1.165) is 107 Å². The largest absolute Gasteiger partial charge is 0.493 e. The highest BCUT2D eigenvalue weighted by atomic mass is 32.1. The van der Waals surface area contributed by atoms with Crippen molar-refractivity contribution in [3.05, 3.63) is 125 Å². The first-order valence-electron chi connectivity index (χ1n) is 26.4. The Hall–Kier alpha value is -7.21. The number of aromatic carboxylic acids is 1. The van der Waals surface area contributed by atoms with Crippen LogP contribution in [0.1, 0.15) is 87.7 Å². The van der Waals surface area contributed by atoms with Crippen LogP contribution in [0.2, 0.25) is 0 Å². The third-order valence-corrected chi connectivity index (χ3v) is 17.7. The summed E-state index contributed by atoms with van der Waals surface area (Å²) >= 11 is 1.44. The Kier molecular flexibility index (Phi) is 13.1. The van der Waals surface area contributed by atoms with Crippen LogP contribution in [-0.4, -0.2) is 124 Å². The Morgan fingerprint density at radius 3 is 2.41 bits per heavy atom. The van der Waals surface area contributed by atoms with Gasteiger partial charge in [-0.15, -0.1) is 0 Å². The van der Waals surface area contributed by atoms with Crippen molar-refractivity contribution in [3.8, 4) is 16.9 Å². The highest BCUT2D eigenvalue weighted by Gasteiger charge is 2.46. The number of piperazine rings is 1. The van der Waals surface area contributed by atoms with Crippen LogP contribution < -0.4 is 25.2 Å². The van der Waals surface area contributed by atoms with Gasteiger partial charge in [-0.25, -0.2) is 14.8 Å². The second-order valence-corrected chi connectivity index (χ2v) is 22.4. The number of carboxylic acids is 1. The van der Waals surface area contributed by atoms with Gasteiger partial charge in [-0.1, -0.05) is 47.7 Å². The van der Waals surface area contributed by atoms with Crippen LogP contribution in [0.3, 0.4) is 0 Å². The van der Waals surface area contributed by atoms with Crippen molar-refractivity contribution in [2.75, 3.05) is 80.6 Å². The minimum Gasteiger partial charge on any atom is -0.493 e. The zero-order valence-corrected chi connectivity index (χ0v) is 43.3. The molecule has 0 radical (unpaired) electrons. The first kappa shape index (κ1) is 48.7. The van der Waals surface area contributed by atoms with E-state index in [9.17, 15) is 24.3 Å². The predicted molar refractivity (Wildman–Crippen MR) is 291 cm³/mol. The first-order valence-corrected chi connectivity index (χ1v) is 27.3. The fraction of sp³-hybridized carbons (Fsp3) is 0.397. The molecular formula is C58H62N10O6S. The molecule has 7 aromatic rings. The summed E-state index contributed by atoms with van der Waals surface area (Å²) in [6, 6.07) is 29.6. The van der Waals surface area contributed by atoms with Crippen molar-refractivity contribution in [1.82, 2.24) is 34.9 Å². The van der Waals surface area contributed by atoms with Crippen LogP contribution >= 0.6 is 11.3 Å². The lowest BCUT2D eigenvalue weighted by molar-refractivity contribution is -0.134. The third kappa shape index (κ3) is 9.73. The van der Waals surface area contributed by atoms with Crippen LogP contribution in [0.5, 0.6) is 5.75 Å². The number of nitrogens with zero attached hydrogens (tertiary/aromatic N) is 8. The highest BCUT2D eigenvalue weighted by molar-refractivity contribution is 7.22. The van der Waals surface area contributed by atoms with E-state index in [1.165, 1.54) is 42.7 Å². The number of thiazole rings is 1. The maximum atomic E-state index is 13.7. The zero-order chi connectivity index (χ0) is 51.4. The van der Waals surface area contributed by atoms with Crippen LogP contribution in [0.4, 0.5) is 16.6 Å². The normalized spacial score (nSPS) is 19.3. The van der Waals surface area contributed by atoms with Crippen molar-refractivity contribution in [2.24, 2.45) is 18.4 Å². The summed E-state index contributed by atoms with van der Waals surface area (Å²) < 4.78 is 9.39. The lowest BCUT2D eigenvalue weighted by Crippen LogP contribution is -2.51. The van der Waals surface area contributed by atoms with Gasteiger partial charge in [0.1, 0.15) is 11.6 Å². The number of aryl methyl sites for hydroxylation is 1. The Labute approximate surface area is 439 Å². The van der Waals surface area contributed by atoms with E-state index in [1.807, 2.05) is 85.4 Å². The van der Waals surface area contributed by atoms with Gasteiger partial charge < -0.3 is 24.5 Å². The number of para-hydroxylation sites is 1. The summed E-state index contributed by atoms with van der Waals surface area (Å²) in [7, 11) is 1.92. The van der Waals surface area contributed by atoms with Crippen LogP contribution in [0, 0.1) is 18.3 Å². The van der Waals surface area contributed by atoms with Crippen molar-refractivity contribution >= 4 is 72.8 Å². The maximum Gasteiger partial charge on any atom is 0.355 e. The Morgan fingerprint density at radius 1 is 0.840 bits per heavy atom. The van der Waals surface area contributed by atoms with Gasteiger partial charge in [0.15, 0.2) is 10.8 Å². The van der Waals surface area contributed by atoms with Crippen molar-refractivity contribution in [3.63, 3.8) is 0 Å². The summed E-state index contributed by atoms with van der Waals surface area (Å²) in [6.45, 7) is 12.1. The number of pyridine rings is 1. The van der Waals surface area contributed by atoms with Gasteiger partial charge in [-0.3, -0.25) is 34.6 Å². The number of likely N-dealkylation sites (tertiary alicyclic amines) is 1. The van der Waals surface area contributed by atoms with Gasteiger partial charge in [0.2, 0.25) is 11.8 Å². The molecule has 1 atom stereocenters. The number of nitrogens with one attached hydrogen (secondary N) is 2. The molecule has 7 heterocycles. The van der Waals surface area contributed by atoms with E-state index in [-0.39, 0.29) is 23.4 Å². The monoisotopic (exact) mass is 1030 g/mol. The maximum absolute atomic E-state index is 13.7. The molecule has 3 saturated heterocycles. The number of amides is 3. The second kappa shape index (κ2) is 20.1. The number of piperidine rings is 2. The molecule has 3 aromatic heterocycles. The number of aromatic nitrogens is 4. The molecule has 1 aliphatic carbocycles. The summed E-state index contributed by atoms with van der Waals surface area (Å²) in [6.07, 6.45) is 6.31. The molecule has 1 saturated carbocycles. The topological polar surface area (TPSA) is 178 Å². The van der Waals surface area contributed by atoms with Crippen LogP contribution in [0.15, 0.2) is 91.0 Å². The molecule has 4 aromatic carbocycles. The van der Waals surface area contributed by atoms with Gasteiger partial charge in [0.05, 0.1) is 34.0 Å². The molecule has 3 N–H and O–H groups in total. The number of hydrogen-bond donors (Lipinski definition) is 3. The van der Waals surface area contributed by atoms with Crippen LogP contribution in [-0.2, 0) is 29.6 Å². The standard InChI is InChI=1S/C58H62N10O6S/c1-36-40(41-15-17-50(60-53(41)56(72)73)68-22-19-38-7-5-9-42(45(38)34-68)54(70)62-57-59-46-10-3-4-12-49(46)75-57)8-6-11-48(36)74-35-37-32-58(33-37)20-23-65(24-21-58)25-26-66-27-29-67(30-28-66)39-13-14-43-47(31-39)64(2)63-52(43)44-16-18-51(69)61-55(44)71/h3-15,17,31,37,44H,16,18-30,32-35H2,1-2H3,(H,72,73)(H,59,62,70)(H,61,69,71). The predicted octanol–water partition coefficient (Wildman–Crippen LogP) is 8.28. The average molecular weight is 1030 g/mol. The van der Waals surface area contributed by atoms with Gasteiger partial charge in [0.25, 0.3) is 5.91 Å². The van der Waals surface area contributed by atoms with Crippen molar-refractivity contribution in [2.45, 2.75) is 64.3 Å². The SMILES string of the molecule is Cc1c(OCC2CC3(CCN(CCN4CCN(c5ccc6c(C7CCC(=O)NC7=O)nn(C)c6c5)CC4)CC3)C2)cccc1-c1ccc(N2CCc3cccc(C(=O)Nc4nc5ccccc5s4)c3C2)nc1C(=O)O. The Balaban J connectivity index is 0.609. The molecule has 1 unspecified atom stereocenters. The van der Waals surface area contributed by atoms with Crippen LogP contribution in [0.25, 0.3) is 32.2 Å². The summed E-state index contributed by atoms with van der Waals surface area (Å²) in [4.78, 5) is 70.0. The number of carbonyl (C=O) groups excluding carboxylic acids is 3. The number of fused-ring (bicyclic) bond motifs is 3. The summed E-state index contributed by atoms with van der Waals surface area (Å²) in [5.74, 6) is -0.390. The molecular weight excluding hydrogens is 965 g/mol. The number of carboxylic acid groups (broad SMARTS) is 1. The zero-order valence-electron chi connectivity index (χ0n) is 42.5. The molecule has 386 valence electrons. The quantitative estimate of drug-likeness (QED) is 0.0942. The molecule has 4 aliphatic heterocycles. The molecule has 1 spiro atoms. The molecule has 12 rings (SSSR count). The van der Waals surface area contributed by atoms with E-state index < -0.39 is 11.9 Å². The number of imide groups is 1. The number of benzene rings is 4. The molecule has 3 amide bonds. The fourth-order valence-corrected chi connectivity index (χ4v) is 13.4. The highest BCUT2D eigenvalue weighted by Crippen LogP contribution is 2.53. The molecule has 4 fully saturated rings. The minimum absolute atomic E-state index is 0.0176. The summed E-state index contributed by atoms with van der Waals surface area (Å²) in [5.41, 5.74) is 8.92. The molecule has 5 aliphatic rings.